The van der Waals surface area contributed by atoms with Crippen molar-refractivity contribution >= 4 is 17.7 Å². The molecule has 4 heteroatoms. The van der Waals surface area contributed by atoms with Gasteiger partial charge in [-0.2, -0.15) is 0 Å². The molecule has 21 heavy (non-hydrogen) atoms. The van der Waals surface area contributed by atoms with Crippen molar-refractivity contribution in [1.82, 2.24) is 5.32 Å². The standard InChI is InChI=1S/C17H26N2OS/c1-13-5-9-15(10-6-13)21-12-4-3-11-17(2,16(18)20)19-14-7-8-14/h5-6,9-10,14,19H,3-4,7-8,11-12H2,1-2H3,(H2,18,20). The molecule has 0 saturated heterocycles. The predicted molar refractivity (Wildman–Crippen MR) is 89.5 cm³/mol. The highest BCUT2D eigenvalue weighted by Gasteiger charge is 2.36. The first kappa shape index (κ1) is 16.4. The smallest absolute Gasteiger partial charge is 0.237 e. The van der Waals surface area contributed by atoms with Crippen LogP contribution in [0.5, 0.6) is 0 Å². The molecule has 1 saturated carbocycles. The van der Waals surface area contributed by atoms with Crippen LogP contribution in [0.2, 0.25) is 0 Å². The van der Waals surface area contributed by atoms with Gasteiger partial charge in [0.05, 0.1) is 5.54 Å². The third kappa shape index (κ3) is 5.36. The number of rotatable bonds is 9. The normalized spacial score (nSPS) is 17.4. The molecule has 1 amide bonds. The van der Waals surface area contributed by atoms with Crippen LogP contribution in [0.1, 0.15) is 44.6 Å². The molecule has 1 unspecified atom stereocenters. The molecular weight excluding hydrogens is 280 g/mol. The number of nitrogens with two attached hydrogens (primary N) is 1. The van der Waals surface area contributed by atoms with E-state index in [0.29, 0.717) is 6.04 Å². The van der Waals surface area contributed by atoms with E-state index in [1.807, 2.05) is 18.7 Å². The van der Waals surface area contributed by atoms with E-state index in [4.69, 9.17) is 5.73 Å². The van der Waals surface area contributed by atoms with Crippen LogP contribution in [-0.2, 0) is 4.79 Å². The Bertz CT molecular complexity index is 470. The minimum atomic E-state index is -0.532. The fourth-order valence-corrected chi connectivity index (χ4v) is 3.26. The zero-order valence-corrected chi connectivity index (χ0v) is 13.8. The van der Waals surface area contributed by atoms with Gasteiger partial charge in [-0.15, -0.1) is 11.8 Å². The van der Waals surface area contributed by atoms with Crippen molar-refractivity contribution in [1.29, 1.82) is 0 Å². The molecule has 1 fully saturated rings. The fraction of sp³-hybridized carbons (Fsp3) is 0.588. The second-order valence-electron chi connectivity index (χ2n) is 6.23. The number of hydrogen-bond acceptors (Lipinski definition) is 3. The molecule has 1 aliphatic carbocycles. The summed E-state index contributed by atoms with van der Waals surface area (Å²) in [6.07, 6.45) is 5.30. The lowest BCUT2D eigenvalue weighted by Gasteiger charge is -2.27. The Balaban J connectivity index is 1.67. The summed E-state index contributed by atoms with van der Waals surface area (Å²) in [5.74, 6) is 0.863. The summed E-state index contributed by atoms with van der Waals surface area (Å²) in [6.45, 7) is 4.05. The third-order valence-electron chi connectivity index (χ3n) is 4.00. The molecule has 1 aromatic carbocycles. The third-order valence-corrected chi connectivity index (χ3v) is 5.10. The maximum atomic E-state index is 11.7. The average Bonchev–Trinajstić information content (AvgIpc) is 3.24. The molecule has 1 aliphatic rings. The summed E-state index contributed by atoms with van der Waals surface area (Å²) in [5.41, 5.74) is 6.32. The van der Waals surface area contributed by atoms with Gasteiger partial charge in [-0.1, -0.05) is 24.1 Å². The highest BCUT2D eigenvalue weighted by Crippen LogP contribution is 2.26. The maximum Gasteiger partial charge on any atom is 0.237 e. The maximum absolute atomic E-state index is 11.7. The first-order valence-corrected chi connectivity index (χ1v) is 8.75. The van der Waals surface area contributed by atoms with Crippen molar-refractivity contribution in [2.45, 2.75) is 62.4 Å². The number of amides is 1. The molecule has 3 nitrogen and oxygen atoms in total. The van der Waals surface area contributed by atoms with E-state index < -0.39 is 5.54 Å². The molecule has 116 valence electrons. The lowest BCUT2D eigenvalue weighted by atomic mass is 9.94. The molecule has 0 spiro atoms. The molecule has 1 atom stereocenters. The van der Waals surface area contributed by atoms with Gasteiger partial charge in [-0.3, -0.25) is 4.79 Å². The van der Waals surface area contributed by atoms with Crippen molar-refractivity contribution in [3.8, 4) is 0 Å². The number of primary amides is 1. The Hall–Kier alpha value is -1.00. The van der Waals surface area contributed by atoms with Crippen molar-refractivity contribution in [3.05, 3.63) is 29.8 Å². The summed E-state index contributed by atoms with van der Waals surface area (Å²) in [7, 11) is 0. The summed E-state index contributed by atoms with van der Waals surface area (Å²) < 4.78 is 0. The minimum Gasteiger partial charge on any atom is -0.368 e. The Morgan fingerprint density at radius 3 is 2.57 bits per heavy atom. The largest absolute Gasteiger partial charge is 0.368 e. The number of carbonyl (C=O) groups excluding carboxylic acids is 1. The molecule has 1 aromatic rings. The van der Waals surface area contributed by atoms with Crippen molar-refractivity contribution in [3.63, 3.8) is 0 Å². The van der Waals surface area contributed by atoms with Crippen LogP contribution in [0.15, 0.2) is 29.2 Å². The van der Waals surface area contributed by atoms with Gasteiger partial charge in [0.15, 0.2) is 0 Å². The number of hydrogen-bond donors (Lipinski definition) is 2. The Morgan fingerprint density at radius 1 is 1.33 bits per heavy atom. The molecule has 0 radical (unpaired) electrons. The van der Waals surface area contributed by atoms with Gasteiger partial charge in [0.2, 0.25) is 5.91 Å². The van der Waals surface area contributed by atoms with Crippen LogP contribution in [0.25, 0.3) is 0 Å². The molecule has 0 aliphatic heterocycles. The van der Waals surface area contributed by atoms with E-state index in [2.05, 4.69) is 36.5 Å². The average molecular weight is 306 g/mol. The van der Waals surface area contributed by atoms with E-state index >= 15 is 0 Å². The number of nitrogens with one attached hydrogen (secondary N) is 1. The second kappa shape index (κ2) is 7.32. The fourth-order valence-electron chi connectivity index (χ4n) is 2.35. The highest BCUT2D eigenvalue weighted by atomic mass is 32.2. The van der Waals surface area contributed by atoms with Gasteiger partial charge in [0.1, 0.15) is 0 Å². The molecule has 0 aromatic heterocycles. The van der Waals surface area contributed by atoms with Crippen LogP contribution in [0.3, 0.4) is 0 Å². The predicted octanol–water partition coefficient (Wildman–Crippen LogP) is 3.25. The number of carbonyl (C=O) groups is 1. The molecule has 0 bridgehead atoms. The highest BCUT2D eigenvalue weighted by molar-refractivity contribution is 7.99. The van der Waals surface area contributed by atoms with Gasteiger partial charge < -0.3 is 11.1 Å². The summed E-state index contributed by atoms with van der Waals surface area (Å²) >= 11 is 1.88. The van der Waals surface area contributed by atoms with E-state index in [0.717, 1.165) is 25.0 Å². The number of unbranched alkanes of at least 4 members (excludes halogenated alkanes) is 1. The molecular formula is C17H26N2OS. The first-order chi connectivity index (χ1) is 9.99. The lowest BCUT2D eigenvalue weighted by molar-refractivity contribution is -0.124. The summed E-state index contributed by atoms with van der Waals surface area (Å²) in [5, 5.41) is 3.40. The molecule has 0 heterocycles. The Kier molecular flexibility index (Phi) is 5.71. The second-order valence-corrected chi connectivity index (χ2v) is 7.40. The van der Waals surface area contributed by atoms with Crippen LogP contribution < -0.4 is 11.1 Å². The molecule has 2 rings (SSSR count). The quantitative estimate of drug-likeness (QED) is 0.544. The van der Waals surface area contributed by atoms with E-state index in [1.165, 1.54) is 23.3 Å². The van der Waals surface area contributed by atoms with Crippen LogP contribution in [0.4, 0.5) is 0 Å². The monoisotopic (exact) mass is 306 g/mol. The van der Waals surface area contributed by atoms with Crippen LogP contribution in [0, 0.1) is 6.92 Å². The van der Waals surface area contributed by atoms with Crippen molar-refractivity contribution in [2.75, 3.05) is 5.75 Å². The summed E-state index contributed by atoms with van der Waals surface area (Å²) in [4.78, 5) is 13.0. The number of aryl methyl sites for hydroxylation is 1. The Morgan fingerprint density at radius 2 is 2.00 bits per heavy atom. The minimum absolute atomic E-state index is 0.222. The van der Waals surface area contributed by atoms with Gasteiger partial charge in [0.25, 0.3) is 0 Å². The number of benzene rings is 1. The van der Waals surface area contributed by atoms with Gasteiger partial charge in [0, 0.05) is 10.9 Å². The summed E-state index contributed by atoms with van der Waals surface area (Å²) in [6, 6.07) is 9.13. The van der Waals surface area contributed by atoms with Crippen molar-refractivity contribution < 1.29 is 4.79 Å². The Labute approximate surface area is 132 Å². The van der Waals surface area contributed by atoms with E-state index in [-0.39, 0.29) is 5.91 Å². The SMILES string of the molecule is Cc1ccc(SCCCCC(C)(NC2CC2)C(N)=O)cc1. The molecule has 3 N–H and O–H groups in total. The van der Waals surface area contributed by atoms with Crippen molar-refractivity contribution in [2.24, 2.45) is 5.73 Å². The zero-order chi connectivity index (χ0) is 15.3. The van der Waals surface area contributed by atoms with Gasteiger partial charge in [-0.25, -0.2) is 0 Å². The lowest BCUT2D eigenvalue weighted by Crippen LogP contribution is -2.53. The zero-order valence-electron chi connectivity index (χ0n) is 13.0. The van der Waals surface area contributed by atoms with Crippen LogP contribution >= 0.6 is 11.8 Å². The van der Waals surface area contributed by atoms with Crippen LogP contribution in [-0.4, -0.2) is 23.2 Å². The first-order valence-electron chi connectivity index (χ1n) is 7.77. The topological polar surface area (TPSA) is 55.1 Å². The number of thioether (sulfide) groups is 1. The van der Waals surface area contributed by atoms with E-state index in [9.17, 15) is 4.79 Å². The van der Waals surface area contributed by atoms with E-state index in [1.54, 1.807) is 0 Å². The van der Waals surface area contributed by atoms with Gasteiger partial charge >= 0.3 is 0 Å². The van der Waals surface area contributed by atoms with Gasteiger partial charge in [-0.05, 0) is 57.4 Å².